The topological polar surface area (TPSA) is 119 Å². The number of aromatic nitrogens is 2. The molecule has 3 rings (SSSR count). The quantitative estimate of drug-likeness (QED) is 0.750. The Hall–Kier alpha value is -3.20. The standard InChI is InChI=1S/C16H12N2O6S/c1-25(22,23)13-7-5-12(6-8-13)18-16(21)24-14(17-18)10-3-2-4-11(9-10)15(19)20/h2-9H,1H3,(H,19,20). The van der Waals surface area contributed by atoms with Crippen LogP contribution in [0.25, 0.3) is 17.1 Å². The molecule has 0 aliphatic heterocycles. The Bertz CT molecular complexity index is 1110. The maximum atomic E-state index is 12.0. The van der Waals surface area contributed by atoms with Crippen LogP contribution in [0.4, 0.5) is 0 Å². The zero-order chi connectivity index (χ0) is 18.2. The minimum Gasteiger partial charge on any atom is -0.478 e. The number of carbonyl (C=O) groups is 1. The summed E-state index contributed by atoms with van der Waals surface area (Å²) < 4.78 is 29.0. The second-order valence-electron chi connectivity index (χ2n) is 5.24. The van der Waals surface area contributed by atoms with Crippen molar-refractivity contribution in [3.05, 3.63) is 64.6 Å². The van der Waals surface area contributed by atoms with E-state index in [2.05, 4.69) is 5.10 Å². The smallest absolute Gasteiger partial charge is 0.442 e. The van der Waals surface area contributed by atoms with Crippen LogP contribution < -0.4 is 5.76 Å². The van der Waals surface area contributed by atoms with Crippen molar-refractivity contribution in [3.8, 4) is 17.1 Å². The number of aromatic carboxylic acids is 1. The summed E-state index contributed by atoms with van der Waals surface area (Å²) in [5.74, 6) is -1.93. The maximum Gasteiger partial charge on any atom is 0.442 e. The largest absolute Gasteiger partial charge is 0.478 e. The minimum atomic E-state index is -3.35. The normalized spacial score (nSPS) is 11.4. The minimum absolute atomic E-state index is 0.0344. The van der Waals surface area contributed by atoms with Crippen LogP contribution in [-0.2, 0) is 9.84 Å². The van der Waals surface area contributed by atoms with Gasteiger partial charge >= 0.3 is 11.7 Å². The lowest BCUT2D eigenvalue weighted by Crippen LogP contribution is -2.13. The molecule has 0 atom stereocenters. The molecule has 0 bridgehead atoms. The van der Waals surface area contributed by atoms with Gasteiger partial charge < -0.3 is 9.52 Å². The van der Waals surface area contributed by atoms with Crippen molar-refractivity contribution in [1.82, 2.24) is 9.78 Å². The predicted molar refractivity (Wildman–Crippen MR) is 87.6 cm³/mol. The van der Waals surface area contributed by atoms with Gasteiger partial charge in [0.2, 0.25) is 5.89 Å². The molecule has 0 unspecified atom stereocenters. The number of hydrogen-bond acceptors (Lipinski definition) is 6. The molecule has 1 N–H and O–H groups in total. The first-order chi connectivity index (χ1) is 11.8. The molecular weight excluding hydrogens is 348 g/mol. The van der Waals surface area contributed by atoms with Crippen LogP contribution in [0, 0.1) is 0 Å². The molecule has 3 aromatic rings. The highest BCUT2D eigenvalue weighted by molar-refractivity contribution is 7.90. The van der Waals surface area contributed by atoms with Gasteiger partial charge in [-0.25, -0.2) is 18.0 Å². The summed E-state index contributed by atoms with van der Waals surface area (Å²) in [4.78, 5) is 23.2. The summed E-state index contributed by atoms with van der Waals surface area (Å²) in [5, 5.41) is 13.1. The number of rotatable bonds is 4. The van der Waals surface area contributed by atoms with Gasteiger partial charge in [-0.2, -0.15) is 4.68 Å². The number of benzene rings is 2. The summed E-state index contributed by atoms with van der Waals surface area (Å²) in [6, 6.07) is 11.4. The molecule has 8 nitrogen and oxygen atoms in total. The SMILES string of the molecule is CS(=O)(=O)c1ccc(-n2nc(-c3cccc(C(=O)O)c3)oc2=O)cc1. The summed E-state index contributed by atoms with van der Waals surface area (Å²) >= 11 is 0. The molecule has 0 radical (unpaired) electrons. The molecule has 0 spiro atoms. The van der Waals surface area contributed by atoms with Gasteiger partial charge in [0.1, 0.15) is 0 Å². The first-order valence-electron chi connectivity index (χ1n) is 7.00. The molecule has 25 heavy (non-hydrogen) atoms. The molecule has 0 aliphatic rings. The first-order valence-corrected chi connectivity index (χ1v) is 8.89. The third-order valence-electron chi connectivity index (χ3n) is 3.41. The van der Waals surface area contributed by atoms with E-state index < -0.39 is 21.6 Å². The summed E-state index contributed by atoms with van der Waals surface area (Å²) in [6.07, 6.45) is 1.08. The Balaban J connectivity index is 2.02. The lowest BCUT2D eigenvalue weighted by atomic mass is 10.1. The second-order valence-corrected chi connectivity index (χ2v) is 7.25. The van der Waals surface area contributed by atoms with Crippen molar-refractivity contribution in [1.29, 1.82) is 0 Å². The molecule has 1 heterocycles. The van der Waals surface area contributed by atoms with Gasteiger partial charge in [0.05, 0.1) is 16.1 Å². The van der Waals surface area contributed by atoms with E-state index in [9.17, 15) is 18.0 Å². The number of carboxylic acids is 1. The van der Waals surface area contributed by atoms with Crippen LogP contribution in [0.1, 0.15) is 10.4 Å². The van der Waals surface area contributed by atoms with E-state index in [1.807, 2.05) is 0 Å². The van der Waals surface area contributed by atoms with Crippen molar-refractivity contribution in [2.24, 2.45) is 0 Å². The average molecular weight is 360 g/mol. The molecular formula is C16H12N2O6S. The monoisotopic (exact) mass is 360 g/mol. The van der Waals surface area contributed by atoms with Gasteiger partial charge in [-0.05, 0) is 42.5 Å². The molecule has 128 valence electrons. The third-order valence-corrected chi connectivity index (χ3v) is 4.54. The van der Waals surface area contributed by atoms with Crippen LogP contribution in [0.3, 0.4) is 0 Å². The fourth-order valence-corrected chi connectivity index (χ4v) is 2.81. The Morgan fingerprint density at radius 3 is 2.44 bits per heavy atom. The summed E-state index contributed by atoms with van der Waals surface area (Å²) in [5.41, 5.74) is 0.692. The zero-order valence-corrected chi connectivity index (χ0v) is 13.7. The zero-order valence-electron chi connectivity index (χ0n) is 12.9. The molecule has 9 heteroatoms. The van der Waals surface area contributed by atoms with Crippen molar-refractivity contribution < 1.29 is 22.7 Å². The molecule has 2 aromatic carbocycles. The Morgan fingerprint density at radius 2 is 1.84 bits per heavy atom. The van der Waals surface area contributed by atoms with Crippen LogP contribution in [0.15, 0.2) is 62.6 Å². The third kappa shape index (κ3) is 3.36. The van der Waals surface area contributed by atoms with Gasteiger partial charge in [0, 0.05) is 11.8 Å². The molecule has 0 fully saturated rings. The van der Waals surface area contributed by atoms with Gasteiger partial charge in [0.15, 0.2) is 9.84 Å². The van der Waals surface area contributed by atoms with Gasteiger partial charge in [-0.1, -0.05) is 6.07 Å². The van der Waals surface area contributed by atoms with E-state index >= 15 is 0 Å². The lowest BCUT2D eigenvalue weighted by molar-refractivity contribution is 0.0697. The highest BCUT2D eigenvalue weighted by Crippen LogP contribution is 2.19. The highest BCUT2D eigenvalue weighted by Gasteiger charge is 2.14. The number of carboxylic acid groups (broad SMARTS) is 1. The van der Waals surface area contributed by atoms with Crippen LogP contribution in [0.2, 0.25) is 0 Å². The summed E-state index contributed by atoms with van der Waals surface area (Å²) in [6.45, 7) is 0. The van der Waals surface area contributed by atoms with Gasteiger partial charge in [0.25, 0.3) is 0 Å². The predicted octanol–water partition coefficient (Wildman–Crippen LogP) is 1.59. The Labute approximate surface area is 141 Å². The maximum absolute atomic E-state index is 12.0. The van der Waals surface area contributed by atoms with Crippen LogP contribution in [0.5, 0.6) is 0 Å². The van der Waals surface area contributed by atoms with E-state index in [4.69, 9.17) is 9.52 Å². The van der Waals surface area contributed by atoms with E-state index in [1.54, 1.807) is 6.07 Å². The first kappa shape index (κ1) is 16.7. The highest BCUT2D eigenvalue weighted by atomic mass is 32.2. The van der Waals surface area contributed by atoms with Crippen molar-refractivity contribution in [2.45, 2.75) is 4.90 Å². The van der Waals surface area contributed by atoms with E-state index in [0.717, 1.165) is 10.9 Å². The molecule has 0 amide bonds. The molecule has 0 saturated carbocycles. The number of nitrogens with zero attached hydrogens (tertiary/aromatic N) is 2. The Morgan fingerprint density at radius 1 is 1.16 bits per heavy atom. The van der Waals surface area contributed by atoms with Crippen molar-refractivity contribution in [2.75, 3.05) is 6.26 Å². The van der Waals surface area contributed by atoms with E-state index in [1.165, 1.54) is 42.5 Å². The second kappa shape index (κ2) is 6.02. The fourth-order valence-electron chi connectivity index (χ4n) is 2.18. The molecule has 0 aliphatic carbocycles. The van der Waals surface area contributed by atoms with Crippen LogP contribution >= 0.6 is 0 Å². The van der Waals surface area contributed by atoms with Gasteiger partial charge in [-0.3, -0.25) is 0 Å². The molecule has 1 aromatic heterocycles. The Kier molecular flexibility index (Phi) is 4.01. The fraction of sp³-hybridized carbons (Fsp3) is 0.0625. The van der Waals surface area contributed by atoms with Crippen molar-refractivity contribution in [3.63, 3.8) is 0 Å². The van der Waals surface area contributed by atoms with E-state index in [-0.39, 0.29) is 16.3 Å². The van der Waals surface area contributed by atoms with Gasteiger partial charge in [-0.15, -0.1) is 5.10 Å². The average Bonchev–Trinajstić information content (AvgIpc) is 2.96. The van der Waals surface area contributed by atoms with E-state index in [0.29, 0.717) is 11.3 Å². The molecule has 0 saturated heterocycles. The summed E-state index contributed by atoms with van der Waals surface area (Å²) in [7, 11) is -3.35. The lowest BCUT2D eigenvalue weighted by Gasteiger charge is -2.01. The number of sulfone groups is 1. The van der Waals surface area contributed by atoms with Crippen molar-refractivity contribution >= 4 is 15.8 Å². The number of hydrogen-bond donors (Lipinski definition) is 1. The van der Waals surface area contributed by atoms with Crippen LogP contribution in [-0.4, -0.2) is 35.5 Å².